The monoisotopic (exact) mass is 410 g/mol. The van der Waals surface area contributed by atoms with Crippen molar-refractivity contribution in [1.82, 2.24) is 0 Å². The lowest BCUT2D eigenvalue weighted by atomic mass is 9.50. The minimum absolute atomic E-state index is 0.0991. The zero-order chi connectivity index (χ0) is 20.8. The Bertz CT molecular complexity index is 929. The van der Waals surface area contributed by atoms with Crippen LogP contribution < -0.4 is 15.6 Å². The average Bonchev–Trinajstić information content (AvgIpc) is 2.78. The van der Waals surface area contributed by atoms with E-state index in [-0.39, 0.29) is 11.5 Å². The van der Waals surface area contributed by atoms with Gasteiger partial charge in [0.25, 0.3) is 0 Å². The van der Waals surface area contributed by atoms with Gasteiger partial charge in [0.1, 0.15) is 5.78 Å². The third-order valence-corrected chi connectivity index (χ3v) is 13.3. The lowest BCUT2D eigenvalue weighted by molar-refractivity contribution is -0.141. The van der Waals surface area contributed by atoms with Crippen LogP contribution >= 0.6 is 0 Å². The Morgan fingerprint density at radius 2 is 1.13 bits per heavy atom. The third-order valence-electron chi connectivity index (χ3n) is 7.92. The zero-order valence-corrected chi connectivity index (χ0v) is 18.9. The highest BCUT2D eigenvalue weighted by molar-refractivity contribution is 7.14. The van der Waals surface area contributed by atoms with Crippen LogP contribution in [0.3, 0.4) is 0 Å². The first-order valence-electron chi connectivity index (χ1n) is 11.3. The summed E-state index contributed by atoms with van der Waals surface area (Å²) in [6, 6.07) is 32.8. The fourth-order valence-corrected chi connectivity index (χ4v) is 12.1. The molecule has 2 aliphatic carbocycles. The molecule has 2 fully saturated rings. The molecule has 3 atom stereocenters. The van der Waals surface area contributed by atoms with Gasteiger partial charge in [0, 0.05) is 11.5 Å². The fraction of sp³-hybridized carbons (Fsp3) is 0.321. The summed E-state index contributed by atoms with van der Waals surface area (Å²) in [5.41, 5.74) is 0.420. The lowest BCUT2D eigenvalue weighted by Crippen LogP contribution is -2.73. The lowest BCUT2D eigenvalue weighted by Gasteiger charge is -2.57. The van der Waals surface area contributed by atoms with Crippen molar-refractivity contribution in [3.05, 3.63) is 91.0 Å². The molecule has 0 unspecified atom stereocenters. The molecule has 0 N–H and O–H groups in total. The van der Waals surface area contributed by atoms with Gasteiger partial charge in [-0.3, -0.25) is 4.79 Å². The van der Waals surface area contributed by atoms with Gasteiger partial charge in [0.05, 0.1) is 0 Å². The smallest absolute Gasteiger partial charge is 0.158 e. The topological polar surface area (TPSA) is 17.1 Å². The second-order valence-electron chi connectivity index (χ2n) is 9.84. The summed E-state index contributed by atoms with van der Waals surface area (Å²) in [5.74, 6) is 1.35. The molecule has 30 heavy (non-hydrogen) atoms. The first kappa shape index (κ1) is 19.5. The molecule has 2 heteroatoms. The summed E-state index contributed by atoms with van der Waals surface area (Å²) < 4.78 is 0. The molecule has 2 saturated carbocycles. The quantitative estimate of drug-likeness (QED) is 0.455. The van der Waals surface area contributed by atoms with Gasteiger partial charge < -0.3 is 0 Å². The van der Waals surface area contributed by atoms with Crippen molar-refractivity contribution in [1.29, 1.82) is 0 Å². The first-order valence-corrected chi connectivity index (χ1v) is 13.3. The summed E-state index contributed by atoms with van der Waals surface area (Å²) in [4.78, 5) is 14.1. The van der Waals surface area contributed by atoms with Gasteiger partial charge in [-0.25, -0.2) is 0 Å². The highest BCUT2D eigenvalue weighted by Gasteiger charge is 2.59. The number of benzene rings is 3. The van der Waals surface area contributed by atoms with Crippen LogP contribution in [0.5, 0.6) is 0 Å². The Kier molecular flexibility index (Phi) is 4.78. The molecule has 2 aliphatic rings. The molecule has 0 heterocycles. The van der Waals surface area contributed by atoms with Crippen molar-refractivity contribution in [3.63, 3.8) is 0 Å². The van der Waals surface area contributed by atoms with Gasteiger partial charge in [-0.1, -0.05) is 105 Å². The van der Waals surface area contributed by atoms with E-state index < -0.39 is 8.07 Å². The molecule has 1 nitrogen and oxygen atoms in total. The maximum absolute atomic E-state index is 14.1. The number of ketones is 1. The molecule has 0 saturated heterocycles. The van der Waals surface area contributed by atoms with Crippen molar-refractivity contribution in [2.24, 2.45) is 17.3 Å². The van der Waals surface area contributed by atoms with Crippen molar-refractivity contribution in [3.8, 4) is 0 Å². The van der Waals surface area contributed by atoms with Gasteiger partial charge >= 0.3 is 0 Å². The van der Waals surface area contributed by atoms with E-state index in [9.17, 15) is 4.79 Å². The summed E-state index contributed by atoms with van der Waals surface area (Å²) in [6.45, 7) is 4.69. The van der Waals surface area contributed by atoms with Gasteiger partial charge in [-0.15, -0.1) is 0 Å². The van der Waals surface area contributed by atoms with E-state index in [2.05, 4.69) is 105 Å². The van der Waals surface area contributed by atoms with Crippen molar-refractivity contribution in [2.75, 3.05) is 0 Å². The molecule has 5 rings (SSSR count). The number of hydrogen-bond donors (Lipinski definition) is 0. The predicted molar refractivity (Wildman–Crippen MR) is 127 cm³/mol. The van der Waals surface area contributed by atoms with Crippen LogP contribution in [0.1, 0.15) is 33.1 Å². The fourth-order valence-electron chi connectivity index (χ4n) is 6.52. The number of carbonyl (C=O) groups excluding carboxylic acids is 1. The maximum atomic E-state index is 14.1. The summed E-state index contributed by atoms with van der Waals surface area (Å²) in [5, 5.41) is 4.08. The largest absolute Gasteiger partial charge is 0.299 e. The van der Waals surface area contributed by atoms with E-state index in [4.69, 9.17) is 0 Å². The van der Waals surface area contributed by atoms with Gasteiger partial charge in [0.15, 0.2) is 8.07 Å². The number of hydrogen-bond acceptors (Lipinski definition) is 1. The van der Waals surface area contributed by atoms with Crippen LogP contribution in [0, 0.1) is 17.3 Å². The van der Waals surface area contributed by atoms with E-state index in [1.165, 1.54) is 22.0 Å². The van der Waals surface area contributed by atoms with E-state index in [0.717, 1.165) is 12.8 Å². The van der Waals surface area contributed by atoms with Crippen LogP contribution in [-0.4, -0.2) is 13.9 Å². The standard InChI is InChI=1S/C28H30OSi/c1-28(2)20-24-25(28)18-19-26(27(24)29)30(21-12-6-3-7-13-21,22-14-8-4-9-15-22)23-16-10-5-11-17-23/h3-17,24-26H,18-20H2,1-2H3/t24-,25+,26+/m1/s1. The molecule has 152 valence electrons. The summed E-state index contributed by atoms with van der Waals surface area (Å²) in [7, 11) is -2.52. The number of Topliss-reactive ketones (excluding diaryl/α,β-unsaturated/α-hetero) is 1. The molecule has 0 aromatic heterocycles. The average molecular weight is 411 g/mol. The minimum Gasteiger partial charge on any atom is -0.299 e. The van der Waals surface area contributed by atoms with Crippen molar-refractivity contribution >= 4 is 29.4 Å². The van der Waals surface area contributed by atoms with Gasteiger partial charge in [-0.05, 0) is 46.2 Å². The Balaban J connectivity index is 1.74. The molecule has 3 aromatic carbocycles. The zero-order valence-electron chi connectivity index (χ0n) is 17.9. The Hall–Kier alpha value is -2.45. The normalized spacial score (nSPS) is 25.3. The summed E-state index contributed by atoms with van der Waals surface area (Å²) >= 11 is 0. The second-order valence-corrected chi connectivity index (χ2v) is 13.9. The van der Waals surface area contributed by atoms with Crippen LogP contribution in [0.25, 0.3) is 0 Å². The van der Waals surface area contributed by atoms with Crippen molar-refractivity contribution in [2.45, 2.75) is 38.7 Å². The molecular formula is C28H30OSi. The first-order chi connectivity index (χ1) is 14.5. The maximum Gasteiger partial charge on any atom is 0.158 e. The van der Waals surface area contributed by atoms with E-state index in [0.29, 0.717) is 17.1 Å². The molecule has 0 radical (unpaired) electrons. The van der Waals surface area contributed by atoms with Crippen LogP contribution in [0.15, 0.2) is 91.0 Å². The van der Waals surface area contributed by atoms with Gasteiger partial charge in [0.2, 0.25) is 0 Å². The molecule has 0 amide bonds. The van der Waals surface area contributed by atoms with E-state index in [1.54, 1.807) is 0 Å². The van der Waals surface area contributed by atoms with Crippen LogP contribution in [0.2, 0.25) is 5.54 Å². The Labute approximate surface area is 181 Å². The molecule has 3 aromatic rings. The molecule has 0 bridgehead atoms. The third kappa shape index (κ3) is 2.85. The molecule has 0 aliphatic heterocycles. The number of fused-ring (bicyclic) bond motifs is 1. The molecular weight excluding hydrogens is 380 g/mol. The van der Waals surface area contributed by atoms with Crippen LogP contribution in [0.4, 0.5) is 0 Å². The number of rotatable bonds is 4. The highest BCUT2D eigenvalue weighted by Crippen LogP contribution is 2.58. The number of carbonyl (C=O) groups is 1. The van der Waals surface area contributed by atoms with E-state index in [1.807, 2.05) is 0 Å². The van der Waals surface area contributed by atoms with Crippen LogP contribution in [-0.2, 0) is 4.79 Å². The Morgan fingerprint density at radius 1 is 0.700 bits per heavy atom. The predicted octanol–water partition coefficient (Wildman–Crippen LogP) is 4.55. The minimum atomic E-state index is -2.52. The molecule has 0 spiro atoms. The second kappa shape index (κ2) is 7.35. The Morgan fingerprint density at radius 3 is 1.53 bits per heavy atom. The SMILES string of the molecule is CC1(C)C[C@H]2C(=O)[C@@H]([Si](c3ccccc3)(c3ccccc3)c3ccccc3)CC[C@@H]21. The highest BCUT2D eigenvalue weighted by atomic mass is 28.3. The van der Waals surface area contributed by atoms with E-state index >= 15 is 0 Å². The van der Waals surface area contributed by atoms with Gasteiger partial charge in [-0.2, -0.15) is 0 Å². The summed E-state index contributed by atoms with van der Waals surface area (Å²) in [6.07, 6.45) is 3.24. The van der Waals surface area contributed by atoms with Crippen molar-refractivity contribution < 1.29 is 4.79 Å².